The Hall–Kier alpha value is -6.58. The molecule has 240 valence electrons. The van der Waals surface area contributed by atoms with Crippen LogP contribution in [0, 0.1) is 0 Å². The van der Waals surface area contributed by atoms with Gasteiger partial charge in [0.25, 0.3) is 0 Å². The van der Waals surface area contributed by atoms with Gasteiger partial charge in [-0.25, -0.2) is 4.98 Å². The fourth-order valence-electron chi connectivity index (χ4n) is 8.50. The first-order valence-electron chi connectivity index (χ1n) is 17.5. The molecule has 0 saturated heterocycles. The van der Waals surface area contributed by atoms with Gasteiger partial charge in [-0.05, 0) is 79.9 Å². The second-order valence-corrected chi connectivity index (χ2v) is 13.4. The van der Waals surface area contributed by atoms with Crippen molar-refractivity contribution in [1.29, 1.82) is 0 Å². The minimum absolute atomic E-state index is 0.550. The highest BCUT2D eigenvalue weighted by Gasteiger charge is 2.48. The Morgan fingerprint density at radius 2 is 1.14 bits per heavy atom. The van der Waals surface area contributed by atoms with Crippen molar-refractivity contribution in [3.05, 3.63) is 204 Å². The summed E-state index contributed by atoms with van der Waals surface area (Å²) in [6.07, 6.45) is 1.88. The van der Waals surface area contributed by atoms with Crippen LogP contribution in [-0.4, -0.2) is 14.5 Å². The molecule has 10 rings (SSSR count). The standard InChI is InChI=1S/C48H33N3/c1-51-44-21-11-10-20-42(44)50-47(51)34-25-22-32(23-26-34)38-28-29-39(35-27-24-33-13-12-30-49-43(33)31-35)46-45(38)40-18-8-9-19-41(40)48(46,36-14-4-2-5-15-36)37-16-6-3-7-17-37/h2-31H,1H3. The molecule has 0 atom stereocenters. The largest absolute Gasteiger partial charge is 0.327 e. The molecule has 0 bridgehead atoms. The number of aromatic nitrogens is 3. The molecule has 0 saturated carbocycles. The SMILES string of the molecule is Cn1c(-c2ccc(-c3ccc(-c4ccc5cccnc5c4)c4c3-c3ccccc3C4(c3ccccc3)c3ccccc3)cc2)nc2ccccc21. The molecule has 0 N–H and O–H groups in total. The van der Waals surface area contributed by atoms with Gasteiger partial charge in [-0.3, -0.25) is 4.98 Å². The minimum Gasteiger partial charge on any atom is -0.327 e. The highest BCUT2D eigenvalue weighted by Crippen LogP contribution is 2.60. The molecule has 0 radical (unpaired) electrons. The van der Waals surface area contributed by atoms with Gasteiger partial charge in [-0.2, -0.15) is 0 Å². The Labute approximate surface area is 297 Å². The fraction of sp³-hybridized carbons (Fsp3) is 0.0417. The van der Waals surface area contributed by atoms with Crippen LogP contribution >= 0.6 is 0 Å². The molecule has 0 spiro atoms. The molecule has 51 heavy (non-hydrogen) atoms. The van der Waals surface area contributed by atoms with Crippen molar-refractivity contribution in [2.24, 2.45) is 7.05 Å². The van der Waals surface area contributed by atoms with Gasteiger partial charge in [0.05, 0.1) is 22.0 Å². The predicted molar refractivity (Wildman–Crippen MR) is 210 cm³/mol. The first-order valence-corrected chi connectivity index (χ1v) is 17.5. The first kappa shape index (κ1) is 29.3. The number of imidazole rings is 1. The van der Waals surface area contributed by atoms with Crippen LogP contribution < -0.4 is 0 Å². The Kier molecular flexibility index (Phi) is 6.62. The van der Waals surface area contributed by atoms with Crippen LogP contribution in [0.5, 0.6) is 0 Å². The summed E-state index contributed by atoms with van der Waals surface area (Å²) in [5, 5.41) is 1.14. The van der Waals surface area contributed by atoms with Crippen LogP contribution in [0.3, 0.4) is 0 Å². The molecule has 2 aromatic heterocycles. The molecular weight excluding hydrogens is 619 g/mol. The number of rotatable bonds is 5. The van der Waals surface area contributed by atoms with Crippen LogP contribution in [0.15, 0.2) is 182 Å². The van der Waals surface area contributed by atoms with Crippen molar-refractivity contribution in [3.8, 4) is 44.8 Å². The molecule has 7 aromatic carbocycles. The van der Waals surface area contributed by atoms with Crippen molar-refractivity contribution < 1.29 is 0 Å². The van der Waals surface area contributed by atoms with Gasteiger partial charge in [-0.1, -0.05) is 152 Å². The molecule has 9 aromatic rings. The number of hydrogen-bond acceptors (Lipinski definition) is 2. The highest BCUT2D eigenvalue weighted by molar-refractivity contribution is 6.01. The maximum absolute atomic E-state index is 4.98. The molecule has 3 heteroatoms. The third-order valence-electron chi connectivity index (χ3n) is 10.8. The number of fused-ring (bicyclic) bond motifs is 5. The van der Waals surface area contributed by atoms with E-state index in [0.29, 0.717) is 0 Å². The molecule has 0 amide bonds. The van der Waals surface area contributed by atoms with Gasteiger partial charge in [-0.15, -0.1) is 0 Å². The van der Waals surface area contributed by atoms with Gasteiger partial charge in [0, 0.05) is 24.2 Å². The smallest absolute Gasteiger partial charge is 0.140 e. The van der Waals surface area contributed by atoms with E-state index in [1.54, 1.807) is 0 Å². The molecule has 2 heterocycles. The van der Waals surface area contributed by atoms with E-state index in [1.807, 2.05) is 18.3 Å². The number of hydrogen-bond donors (Lipinski definition) is 0. The highest BCUT2D eigenvalue weighted by atomic mass is 15.1. The maximum atomic E-state index is 4.98. The summed E-state index contributed by atoms with van der Waals surface area (Å²) in [5.41, 5.74) is 16.0. The zero-order valence-corrected chi connectivity index (χ0v) is 28.2. The molecule has 0 aliphatic heterocycles. The van der Waals surface area contributed by atoms with Crippen LogP contribution in [-0.2, 0) is 12.5 Å². The molecule has 1 aliphatic rings. The second kappa shape index (κ2) is 11.5. The summed E-state index contributed by atoms with van der Waals surface area (Å²) in [6.45, 7) is 0. The van der Waals surface area contributed by atoms with Crippen LogP contribution in [0.4, 0.5) is 0 Å². The Morgan fingerprint density at radius 1 is 0.490 bits per heavy atom. The lowest BCUT2D eigenvalue weighted by Gasteiger charge is -2.35. The molecule has 0 fully saturated rings. The number of para-hydroxylation sites is 2. The van der Waals surface area contributed by atoms with Gasteiger partial charge in [0.15, 0.2) is 0 Å². The van der Waals surface area contributed by atoms with E-state index < -0.39 is 5.41 Å². The van der Waals surface area contributed by atoms with Gasteiger partial charge >= 0.3 is 0 Å². The zero-order valence-electron chi connectivity index (χ0n) is 28.2. The Bertz CT molecular complexity index is 2700. The molecule has 3 nitrogen and oxygen atoms in total. The van der Waals surface area contributed by atoms with Crippen LogP contribution in [0.1, 0.15) is 22.3 Å². The normalized spacial score (nSPS) is 13.0. The monoisotopic (exact) mass is 651 g/mol. The maximum Gasteiger partial charge on any atom is 0.140 e. The van der Waals surface area contributed by atoms with E-state index in [2.05, 4.69) is 175 Å². The molecule has 0 unspecified atom stereocenters. The van der Waals surface area contributed by atoms with E-state index in [-0.39, 0.29) is 0 Å². The van der Waals surface area contributed by atoms with Crippen molar-refractivity contribution in [3.63, 3.8) is 0 Å². The number of nitrogens with zero attached hydrogens (tertiary/aromatic N) is 3. The van der Waals surface area contributed by atoms with Crippen molar-refractivity contribution in [2.45, 2.75) is 5.41 Å². The van der Waals surface area contributed by atoms with Gasteiger partial charge in [0.1, 0.15) is 5.82 Å². The zero-order chi connectivity index (χ0) is 33.9. The van der Waals surface area contributed by atoms with E-state index in [1.165, 1.54) is 50.1 Å². The quantitative estimate of drug-likeness (QED) is 0.185. The lowest BCUT2D eigenvalue weighted by Crippen LogP contribution is -2.29. The lowest BCUT2D eigenvalue weighted by molar-refractivity contribution is 0.770. The fourth-order valence-corrected chi connectivity index (χ4v) is 8.50. The Morgan fingerprint density at radius 3 is 1.90 bits per heavy atom. The summed E-state index contributed by atoms with van der Waals surface area (Å²) in [6, 6.07) is 63.9. The van der Waals surface area contributed by atoms with Crippen LogP contribution in [0.2, 0.25) is 0 Å². The van der Waals surface area contributed by atoms with Gasteiger partial charge < -0.3 is 4.57 Å². The number of pyridine rings is 1. The van der Waals surface area contributed by atoms with Crippen LogP contribution in [0.25, 0.3) is 66.7 Å². The van der Waals surface area contributed by atoms with E-state index >= 15 is 0 Å². The second-order valence-electron chi connectivity index (χ2n) is 13.4. The third-order valence-corrected chi connectivity index (χ3v) is 10.8. The average molecular weight is 652 g/mol. The topological polar surface area (TPSA) is 30.7 Å². The Balaban J connectivity index is 1.27. The van der Waals surface area contributed by atoms with E-state index in [4.69, 9.17) is 9.97 Å². The number of aryl methyl sites for hydroxylation is 1. The summed E-state index contributed by atoms with van der Waals surface area (Å²) in [7, 11) is 2.09. The molecular formula is C48H33N3. The number of benzene rings is 7. The third kappa shape index (κ3) is 4.38. The lowest BCUT2D eigenvalue weighted by atomic mass is 9.66. The predicted octanol–water partition coefficient (Wildman–Crippen LogP) is 11.5. The van der Waals surface area contributed by atoms with Gasteiger partial charge in [0.2, 0.25) is 0 Å². The summed E-state index contributed by atoms with van der Waals surface area (Å²) >= 11 is 0. The van der Waals surface area contributed by atoms with E-state index in [0.717, 1.165) is 38.9 Å². The summed E-state index contributed by atoms with van der Waals surface area (Å²) in [5.74, 6) is 0.964. The summed E-state index contributed by atoms with van der Waals surface area (Å²) in [4.78, 5) is 9.75. The van der Waals surface area contributed by atoms with Crippen molar-refractivity contribution in [2.75, 3.05) is 0 Å². The minimum atomic E-state index is -0.550. The summed E-state index contributed by atoms with van der Waals surface area (Å²) < 4.78 is 2.18. The van der Waals surface area contributed by atoms with Crippen molar-refractivity contribution >= 4 is 21.9 Å². The first-order chi connectivity index (χ1) is 25.2. The van der Waals surface area contributed by atoms with E-state index in [9.17, 15) is 0 Å². The molecule has 1 aliphatic carbocycles. The average Bonchev–Trinajstić information content (AvgIpc) is 3.71. The van der Waals surface area contributed by atoms with Crippen molar-refractivity contribution in [1.82, 2.24) is 14.5 Å².